The third kappa shape index (κ3) is 16.0. The lowest BCUT2D eigenvalue weighted by Crippen LogP contribution is -2.62. The van der Waals surface area contributed by atoms with Gasteiger partial charge in [0, 0.05) is 51.2 Å². The summed E-state index contributed by atoms with van der Waals surface area (Å²) >= 11 is 0. The summed E-state index contributed by atoms with van der Waals surface area (Å²) in [6, 6.07) is 0. The predicted octanol–water partition coefficient (Wildman–Crippen LogP) is 2.53. The van der Waals surface area contributed by atoms with Gasteiger partial charge in [-0.3, -0.25) is 38.7 Å². The van der Waals surface area contributed by atoms with Crippen LogP contribution < -0.4 is 0 Å². The van der Waals surface area contributed by atoms with E-state index in [0.717, 1.165) is 51.4 Å². The molecule has 1 aliphatic rings. The topological polar surface area (TPSA) is 179 Å². The number of hydrogen-bond donors (Lipinski definition) is 4. The van der Waals surface area contributed by atoms with Gasteiger partial charge in [-0.25, -0.2) is 0 Å². The minimum atomic E-state index is -1.24. The average molecular weight is 615 g/mol. The minimum absolute atomic E-state index is 0.0604. The molecule has 0 saturated carbocycles. The molecule has 43 heavy (non-hydrogen) atoms. The van der Waals surface area contributed by atoms with Crippen molar-refractivity contribution in [2.24, 2.45) is 0 Å². The highest BCUT2D eigenvalue weighted by Crippen LogP contribution is 2.29. The molecular weight excluding hydrogens is 560 g/mol. The number of carboxylic acids is 4. The van der Waals surface area contributed by atoms with E-state index in [0.29, 0.717) is 32.4 Å². The van der Waals surface area contributed by atoms with Crippen LogP contribution >= 0.6 is 0 Å². The molecule has 0 atom stereocenters. The van der Waals surface area contributed by atoms with Crippen LogP contribution in [0.2, 0.25) is 0 Å². The Kier molecular flexibility index (Phi) is 18.7. The Labute approximate surface area is 255 Å². The van der Waals surface area contributed by atoms with Crippen molar-refractivity contribution in [2.45, 2.75) is 96.4 Å². The standard InChI is InChI=1S/C30H54N4O9/c1-3-5-7-11-15-33(16-12-8-6-4-2)25(35)13-9-10-14-30(34(21-28(40)41)22-29(42)43)23-31(19-26(36)37)17-18-32(24-30)20-27(38)39/h3-24H2,1-2H3,(H,36,37)(H,38,39)(H,40,41)(H,42,43). The molecule has 1 fully saturated rings. The van der Waals surface area contributed by atoms with E-state index >= 15 is 0 Å². The molecule has 1 heterocycles. The summed E-state index contributed by atoms with van der Waals surface area (Å²) in [5.41, 5.74) is -1.15. The zero-order valence-corrected chi connectivity index (χ0v) is 26.2. The van der Waals surface area contributed by atoms with Crippen LogP contribution in [0.5, 0.6) is 0 Å². The van der Waals surface area contributed by atoms with Crippen LogP contribution in [0.1, 0.15) is 90.9 Å². The van der Waals surface area contributed by atoms with Gasteiger partial charge in [0.15, 0.2) is 0 Å². The van der Waals surface area contributed by atoms with Gasteiger partial charge in [-0.2, -0.15) is 0 Å². The van der Waals surface area contributed by atoms with Crippen LogP contribution in [0.25, 0.3) is 0 Å². The third-order valence-electron chi connectivity index (χ3n) is 8.01. The summed E-state index contributed by atoms with van der Waals surface area (Å²) in [5.74, 6) is -4.59. The van der Waals surface area contributed by atoms with E-state index < -0.39 is 42.5 Å². The maximum absolute atomic E-state index is 13.2. The van der Waals surface area contributed by atoms with Gasteiger partial charge in [-0.1, -0.05) is 58.8 Å². The first-order valence-corrected chi connectivity index (χ1v) is 15.8. The molecule has 0 aromatic carbocycles. The Balaban J connectivity index is 3.14. The second-order valence-corrected chi connectivity index (χ2v) is 11.8. The maximum Gasteiger partial charge on any atom is 0.317 e. The Morgan fingerprint density at radius 2 is 1.09 bits per heavy atom. The highest BCUT2D eigenvalue weighted by atomic mass is 16.4. The highest BCUT2D eigenvalue weighted by molar-refractivity contribution is 5.76. The molecule has 0 spiro atoms. The Hall–Kier alpha value is -2.77. The lowest BCUT2D eigenvalue weighted by molar-refractivity contribution is -0.148. The van der Waals surface area contributed by atoms with Gasteiger partial charge in [-0.15, -0.1) is 0 Å². The summed E-state index contributed by atoms with van der Waals surface area (Å²) in [5, 5.41) is 38.3. The van der Waals surface area contributed by atoms with E-state index in [1.165, 1.54) is 4.90 Å². The van der Waals surface area contributed by atoms with Crippen LogP contribution in [0, 0.1) is 0 Å². The van der Waals surface area contributed by atoms with Gasteiger partial charge in [0.2, 0.25) is 5.91 Å². The van der Waals surface area contributed by atoms with Crippen molar-refractivity contribution >= 4 is 29.8 Å². The number of carboxylic acid groups (broad SMARTS) is 4. The molecule has 0 aliphatic carbocycles. The number of hydrogen-bond acceptors (Lipinski definition) is 8. The highest BCUT2D eigenvalue weighted by Gasteiger charge is 2.43. The summed E-state index contributed by atoms with van der Waals surface area (Å²) in [7, 11) is 0. The second kappa shape index (κ2) is 21.0. The lowest BCUT2D eigenvalue weighted by atomic mass is 9.88. The van der Waals surface area contributed by atoms with Crippen LogP contribution in [-0.4, -0.2) is 141 Å². The molecule has 1 amide bonds. The van der Waals surface area contributed by atoms with Crippen molar-refractivity contribution in [3.8, 4) is 0 Å². The zero-order valence-electron chi connectivity index (χ0n) is 26.2. The van der Waals surface area contributed by atoms with Crippen LogP contribution in [-0.2, 0) is 24.0 Å². The molecule has 1 saturated heterocycles. The molecule has 0 bridgehead atoms. The first kappa shape index (κ1) is 38.3. The fourth-order valence-electron chi connectivity index (χ4n) is 5.92. The Morgan fingerprint density at radius 1 is 0.628 bits per heavy atom. The number of amides is 1. The molecule has 248 valence electrons. The van der Waals surface area contributed by atoms with Crippen molar-refractivity contribution in [1.29, 1.82) is 0 Å². The van der Waals surface area contributed by atoms with Crippen molar-refractivity contribution in [3.05, 3.63) is 0 Å². The summed E-state index contributed by atoms with van der Waals surface area (Å²) < 4.78 is 0. The van der Waals surface area contributed by atoms with Crippen LogP contribution in [0.4, 0.5) is 0 Å². The molecule has 13 nitrogen and oxygen atoms in total. The van der Waals surface area contributed by atoms with Gasteiger partial charge < -0.3 is 25.3 Å². The van der Waals surface area contributed by atoms with Crippen molar-refractivity contribution in [2.75, 3.05) is 65.4 Å². The Bertz CT molecular complexity index is 832. The molecule has 0 aromatic rings. The van der Waals surface area contributed by atoms with Gasteiger partial charge in [0.1, 0.15) is 0 Å². The van der Waals surface area contributed by atoms with E-state index in [-0.39, 0.29) is 51.6 Å². The summed E-state index contributed by atoms with van der Waals surface area (Å²) in [6.07, 6.45) is 10.1. The van der Waals surface area contributed by atoms with E-state index in [4.69, 9.17) is 0 Å². The number of unbranched alkanes of at least 4 members (excludes halogenated alkanes) is 7. The average Bonchev–Trinajstić information content (AvgIpc) is 3.08. The lowest BCUT2D eigenvalue weighted by Gasteiger charge is -2.45. The van der Waals surface area contributed by atoms with Gasteiger partial charge in [0.25, 0.3) is 0 Å². The molecule has 0 radical (unpaired) electrons. The molecule has 13 heteroatoms. The normalized spacial score (nSPS) is 15.7. The molecule has 0 aromatic heterocycles. The van der Waals surface area contributed by atoms with Crippen molar-refractivity contribution < 1.29 is 44.4 Å². The molecule has 1 aliphatic heterocycles. The van der Waals surface area contributed by atoms with Gasteiger partial charge in [0.05, 0.1) is 26.2 Å². The number of carbonyl (C=O) groups is 5. The van der Waals surface area contributed by atoms with E-state index in [1.54, 1.807) is 9.80 Å². The van der Waals surface area contributed by atoms with E-state index in [1.807, 2.05) is 4.90 Å². The summed E-state index contributed by atoms with van der Waals surface area (Å²) in [6.45, 7) is 4.41. The van der Waals surface area contributed by atoms with Crippen LogP contribution in [0.3, 0.4) is 0 Å². The predicted molar refractivity (Wildman–Crippen MR) is 161 cm³/mol. The smallest absolute Gasteiger partial charge is 0.317 e. The largest absolute Gasteiger partial charge is 0.480 e. The van der Waals surface area contributed by atoms with Gasteiger partial charge in [-0.05, 0) is 25.7 Å². The molecule has 4 N–H and O–H groups in total. The third-order valence-corrected chi connectivity index (χ3v) is 8.01. The van der Waals surface area contributed by atoms with Crippen molar-refractivity contribution in [1.82, 2.24) is 19.6 Å². The van der Waals surface area contributed by atoms with E-state index in [9.17, 15) is 44.4 Å². The van der Waals surface area contributed by atoms with Crippen molar-refractivity contribution in [3.63, 3.8) is 0 Å². The fraction of sp³-hybridized carbons (Fsp3) is 0.833. The monoisotopic (exact) mass is 614 g/mol. The second-order valence-electron chi connectivity index (χ2n) is 11.8. The number of carbonyl (C=O) groups excluding carboxylic acids is 1. The molecule has 1 rings (SSSR count). The quantitative estimate of drug-likeness (QED) is 0.117. The fourth-order valence-corrected chi connectivity index (χ4v) is 5.92. The SMILES string of the molecule is CCCCCCN(CCCCCC)C(=O)CCCCC1(N(CC(=O)O)CC(=O)O)CN(CC(=O)O)CCN(CC(=O)O)C1. The number of rotatable bonds is 24. The molecule has 0 unspecified atom stereocenters. The summed E-state index contributed by atoms with van der Waals surface area (Å²) in [4.78, 5) is 66.6. The number of nitrogens with zero attached hydrogens (tertiary/aromatic N) is 4. The van der Waals surface area contributed by atoms with Crippen LogP contribution in [0.15, 0.2) is 0 Å². The minimum Gasteiger partial charge on any atom is -0.480 e. The zero-order chi connectivity index (χ0) is 32.3. The maximum atomic E-state index is 13.2. The Morgan fingerprint density at radius 3 is 1.49 bits per heavy atom. The van der Waals surface area contributed by atoms with E-state index in [2.05, 4.69) is 13.8 Å². The molecular formula is C30H54N4O9. The first-order valence-electron chi connectivity index (χ1n) is 15.8. The number of aliphatic carboxylic acids is 4. The first-order chi connectivity index (χ1) is 20.4. The van der Waals surface area contributed by atoms with Gasteiger partial charge >= 0.3 is 23.9 Å².